The molecule has 6 nitrogen and oxygen atoms in total. The second-order valence-electron chi connectivity index (χ2n) is 6.65. The third kappa shape index (κ3) is 2.99. The first-order valence-electron chi connectivity index (χ1n) is 8.76. The summed E-state index contributed by atoms with van der Waals surface area (Å²) in [4.78, 5) is 14.4. The Labute approximate surface area is 152 Å². The number of amides is 1. The highest BCUT2D eigenvalue weighted by molar-refractivity contribution is 5.93. The number of nitrogens with zero attached hydrogens (tertiary/aromatic N) is 4. The number of hydrogen-bond acceptors (Lipinski definition) is 4. The number of aromatic nitrogens is 3. The fourth-order valence-corrected chi connectivity index (χ4v) is 3.32. The van der Waals surface area contributed by atoms with Crippen LogP contribution in [0, 0.1) is 6.92 Å². The molecule has 0 radical (unpaired) electrons. The molecule has 2 heterocycles. The summed E-state index contributed by atoms with van der Waals surface area (Å²) in [5, 5.41) is 8.31. The number of carbonyl (C=O) groups is 1. The molecule has 1 aromatic heterocycles. The van der Waals surface area contributed by atoms with E-state index in [2.05, 4.69) is 22.4 Å². The minimum atomic E-state index is -0.0948. The van der Waals surface area contributed by atoms with Gasteiger partial charge < -0.3 is 10.6 Å². The normalized spacial score (nSPS) is 16.8. The Hall–Kier alpha value is -2.99. The summed E-state index contributed by atoms with van der Waals surface area (Å²) in [5.41, 5.74) is 10.2. The third-order valence-electron chi connectivity index (χ3n) is 4.83. The van der Waals surface area contributed by atoms with Crippen molar-refractivity contribution in [3.8, 4) is 16.8 Å². The van der Waals surface area contributed by atoms with Gasteiger partial charge in [0.05, 0.1) is 11.4 Å². The summed E-state index contributed by atoms with van der Waals surface area (Å²) in [6, 6.07) is 18.3. The fraction of sp³-hybridized carbons (Fsp3) is 0.250. The molecule has 1 amide bonds. The van der Waals surface area contributed by atoms with Gasteiger partial charge in [-0.2, -0.15) is 0 Å². The zero-order valence-corrected chi connectivity index (χ0v) is 14.7. The fourth-order valence-electron chi connectivity index (χ4n) is 3.32. The van der Waals surface area contributed by atoms with E-state index in [1.54, 1.807) is 9.58 Å². The first-order valence-corrected chi connectivity index (χ1v) is 8.76. The average molecular weight is 347 g/mol. The highest BCUT2D eigenvalue weighted by Gasteiger charge is 2.28. The van der Waals surface area contributed by atoms with Crippen molar-refractivity contribution < 1.29 is 4.79 Å². The second kappa shape index (κ2) is 6.72. The molecule has 1 aliphatic heterocycles. The monoisotopic (exact) mass is 347 g/mol. The van der Waals surface area contributed by atoms with E-state index in [9.17, 15) is 4.79 Å². The van der Waals surface area contributed by atoms with Crippen molar-refractivity contribution in [2.24, 2.45) is 5.73 Å². The Bertz CT molecular complexity index is 917. The van der Waals surface area contributed by atoms with Crippen LogP contribution >= 0.6 is 0 Å². The topological polar surface area (TPSA) is 77.0 Å². The van der Waals surface area contributed by atoms with Crippen LogP contribution in [-0.2, 0) is 0 Å². The zero-order valence-electron chi connectivity index (χ0n) is 14.7. The van der Waals surface area contributed by atoms with Gasteiger partial charge in [-0.05, 0) is 36.6 Å². The van der Waals surface area contributed by atoms with Crippen LogP contribution in [0.25, 0.3) is 16.8 Å². The van der Waals surface area contributed by atoms with Gasteiger partial charge in [-0.3, -0.25) is 4.79 Å². The number of benzene rings is 2. The molecule has 132 valence electrons. The Morgan fingerprint density at radius 2 is 1.77 bits per heavy atom. The molecule has 4 rings (SSSR count). The number of hydrogen-bond donors (Lipinski definition) is 1. The number of carbonyl (C=O) groups excluding carboxylic acids is 1. The second-order valence-corrected chi connectivity index (χ2v) is 6.65. The molecule has 2 N–H and O–H groups in total. The van der Waals surface area contributed by atoms with E-state index in [4.69, 9.17) is 5.73 Å². The lowest BCUT2D eigenvalue weighted by Crippen LogP contribution is -2.32. The summed E-state index contributed by atoms with van der Waals surface area (Å²) in [5.74, 6) is -0.0948. The largest absolute Gasteiger partial charge is 0.336 e. The van der Waals surface area contributed by atoms with Gasteiger partial charge in [0.15, 0.2) is 5.69 Å². The lowest BCUT2D eigenvalue weighted by molar-refractivity contribution is 0.0784. The molecule has 3 aromatic rings. The van der Waals surface area contributed by atoms with Crippen molar-refractivity contribution in [3.05, 3.63) is 66.0 Å². The van der Waals surface area contributed by atoms with Gasteiger partial charge in [-0.15, -0.1) is 5.10 Å². The molecular weight excluding hydrogens is 326 g/mol. The van der Waals surface area contributed by atoms with Crippen LogP contribution in [0.2, 0.25) is 0 Å². The van der Waals surface area contributed by atoms with E-state index in [1.807, 2.05) is 49.4 Å². The maximum absolute atomic E-state index is 12.7. The van der Waals surface area contributed by atoms with Gasteiger partial charge in [0.2, 0.25) is 0 Å². The summed E-state index contributed by atoms with van der Waals surface area (Å²) in [7, 11) is 0. The van der Waals surface area contributed by atoms with Crippen molar-refractivity contribution in [2.45, 2.75) is 19.4 Å². The van der Waals surface area contributed by atoms with Crippen molar-refractivity contribution in [1.82, 2.24) is 19.9 Å². The van der Waals surface area contributed by atoms with Crippen molar-refractivity contribution in [2.75, 3.05) is 13.1 Å². The lowest BCUT2D eigenvalue weighted by Gasteiger charge is -2.14. The van der Waals surface area contributed by atoms with E-state index in [1.165, 1.54) is 0 Å². The van der Waals surface area contributed by atoms with Gasteiger partial charge in [0.1, 0.15) is 0 Å². The summed E-state index contributed by atoms with van der Waals surface area (Å²) >= 11 is 0. The molecule has 1 saturated heterocycles. The van der Waals surface area contributed by atoms with Gasteiger partial charge in [-0.25, -0.2) is 4.68 Å². The number of nitrogens with two attached hydrogens (primary N) is 1. The van der Waals surface area contributed by atoms with E-state index >= 15 is 0 Å². The predicted molar refractivity (Wildman–Crippen MR) is 100 cm³/mol. The van der Waals surface area contributed by atoms with Gasteiger partial charge >= 0.3 is 0 Å². The maximum atomic E-state index is 12.7. The Balaban J connectivity index is 1.59. The summed E-state index contributed by atoms with van der Waals surface area (Å²) in [6.45, 7) is 3.13. The van der Waals surface area contributed by atoms with Crippen LogP contribution in [0.1, 0.15) is 22.6 Å². The SMILES string of the molecule is Cc1c(C(=O)N2CC[C@@H](N)C2)nnn1-c1ccc(-c2ccccc2)cc1. The molecule has 1 atom stereocenters. The highest BCUT2D eigenvalue weighted by atomic mass is 16.2. The van der Waals surface area contributed by atoms with E-state index in [-0.39, 0.29) is 11.9 Å². The van der Waals surface area contributed by atoms with Gasteiger partial charge in [0, 0.05) is 19.1 Å². The first-order chi connectivity index (χ1) is 12.6. The van der Waals surface area contributed by atoms with Crippen molar-refractivity contribution >= 4 is 5.91 Å². The summed E-state index contributed by atoms with van der Waals surface area (Å²) < 4.78 is 1.71. The molecule has 6 heteroatoms. The van der Waals surface area contributed by atoms with Crippen molar-refractivity contribution in [1.29, 1.82) is 0 Å². The number of likely N-dealkylation sites (tertiary alicyclic amines) is 1. The smallest absolute Gasteiger partial charge is 0.276 e. The highest BCUT2D eigenvalue weighted by Crippen LogP contribution is 2.22. The molecule has 0 bridgehead atoms. The standard InChI is InChI=1S/C20H21N5O/c1-14-19(20(26)24-12-11-17(21)13-24)22-23-25(14)18-9-7-16(8-10-18)15-5-3-2-4-6-15/h2-10,17H,11-13,21H2,1H3/t17-/m1/s1. The molecular formula is C20H21N5O. The molecule has 0 saturated carbocycles. The Morgan fingerprint density at radius 3 is 2.42 bits per heavy atom. The van der Waals surface area contributed by atoms with Crippen LogP contribution in [0.15, 0.2) is 54.6 Å². The molecule has 0 spiro atoms. The quantitative estimate of drug-likeness (QED) is 0.789. The van der Waals surface area contributed by atoms with Crippen LogP contribution in [-0.4, -0.2) is 44.9 Å². The van der Waals surface area contributed by atoms with E-state index < -0.39 is 0 Å². The van der Waals surface area contributed by atoms with Crippen molar-refractivity contribution in [3.63, 3.8) is 0 Å². The summed E-state index contributed by atoms with van der Waals surface area (Å²) in [6.07, 6.45) is 0.833. The maximum Gasteiger partial charge on any atom is 0.276 e. The molecule has 1 aliphatic rings. The molecule has 2 aromatic carbocycles. The molecule has 1 fully saturated rings. The Morgan fingerprint density at radius 1 is 1.08 bits per heavy atom. The first kappa shape index (κ1) is 16.5. The molecule has 0 aliphatic carbocycles. The minimum absolute atomic E-state index is 0.0554. The minimum Gasteiger partial charge on any atom is -0.336 e. The van der Waals surface area contributed by atoms with E-state index in [0.717, 1.165) is 28.9 Å². The average Bonchev–Trinajstić information content (AvgIpc) is 3.28. The van der Waals surface area contributed by atoms with Crippen LogP contribution in [0.5, 0.6) is 0 Å². The van der Waals surface area contributed by atoms with Gasteiger partial charge in [0.25, 0.3) is 5.91 Å². The number of rotatable bonds is 3. The van der Waals surface area contributed by atoms with E-state index in [0.29, 0.717) is 18.8 Å². The van der Waals surface area contributed by atoms with Gasteiger partial charge in [-0.1, -0.05) is 47.7 Å². The van der Waals surface area contributed by atoms with Crippen LogP contribution in [0.3, 0.4) is 0 Å². The molecule has 0 unspecified atom stereocenters. The predicted octanol–water partition coefficient (Wildman–Crippen LogP) is 2.42. The van der Waals surface area contributed by atoms with Crippen LogP contribution in [0.4, 0.5) is 0 Å². The molecule has 26 heavy (non-hydrogen) atoms. The zero-order chi connectivity index (χ0) is 18.1. The van der Waals surface area contributed by atoms with Crippen LogP contribution < -0.4 is 5.73 Å². The third-order valence-corrected chi connectivity index (χ3v) is 4.83. The lowest BCUT2D eigenvalue weighted by atomic mass is 10.1. The Kier molecular flexibility index (Phi) is 4.26.